The summed E-state index contributed by atoms with van der Waals surface area (Å²) in [5, 5.41) is 20.7. The number of aryl methyl sites for hydroxylation is 1. The normalized spacial score (nSPS) is 29.8. The molecule has 0 saturated carbocycles. The van der Waals surface area contributed by atoms with Gasteiger partial charge in [-0.15, -0.1) is 0 Å². The van der Waals surface area contributed by atoms with Gasteiger partial charge < -0.3 is 44.1 Å². The number of nitrogen functional groups attached to an aromatic ring is 1. The third-order valence-corrected chi connectivity index (χ3v) is 12.6. The van der Waals surface area contributed by atoms with Crippen molar-refractivity contribution >= 4 is 54.6 Å². The summed E-state index contributed by atoms with van der Waals surface area (Å²) in [6.07, 6.45) is -4.41. The van der Waals surface area contributed by atoms with Crippen LogP contribution in [-0.4, -0.2) is 110 Å². The Morgan fingerprint density at radius 3 is 2.32 bits per heavy atom. The maximum atomic E-state index is 13.7. The molecule has 310 valence electrons. The molecule has 4 aromatic heterocycles. The highest BCUT2D eigenvalue weighted by Crippen LogP contribution is 2.57. The van der Waals surface area contributed by atoms with Crippen molar-refractivity contribution in [2.24, 2.45) is 0 Å². The molecule has 28 heteroatoms. The Morgan fingerprint density at radius 1 is 0.930 bits per heavy atom. The summed E-state index contributed by atoms with van der Waals surface area (Å²) in [7, 11) is 0. The molecule has 11 atom stereocenters. The summed E-state index contributed by atoms with van der Waals surface area (Å²) in [6.45, 7) is -8.62. The molecule has 0 aromatic carbocycles. The monoisotopic (exact) mass is 877 g/mol. The molecule has 3 aliphatic heterocycles. The Kier molecular flexibility index (Phi) is 12.2. The second-order valence-electron chi connectivity index (χ2n) is 13.2. The quantitative estimate of drug-likeness (QED) is 0.0596. The molecule has 4 aromatic rings. The zero-order valence-electron chi connectivity index (χ0n) is 29.6. The van der Waals surface area contributed by atoms with Crippen molar-refractivity contribution in [1.82, 2.24) is 38.6 Å². The lowest BCUT2D eigenvalue weighted by molar-refractivity contribution is -0.0540. The van der Waals surface area contributed by atoms with Gasteiger partial charge in [0.1, 0.15) is 54.9 Å². The number of ether oxygens (including phenoxy) is 3. The van der Waals surface area contributed by atoms with Crippen LogP contribution in [-0.2, 0) is 48.7 Å². The average molecular weight is 878 g/mol. The number of fused-ring (bicyclic) bond motifs is 1. The molecule has 57 heavy (non-hydrogen) atoms. The Labute approximate surface area is 329 Å². The van der Waals surface area contributed by atoms with Crippen LogP contribution in [0.25, 0.3) is 11.2 Å². The lowest BCUT2D eigenvalue weighted by Crippen LogP contribution is -2.33. The van der Waals surface area contributed by atoms with E-state index in [2.05, 4.69) is 37.2 Å². The first-order valence-electron chi connectivity index (χ1n) is 17.1. The predicted octanol–water partition coefficient (Wildman–Crippen LogP) is -0.909. The van der Waals surface area contributed by atoms with Crippen molar-refractivity contribution in [3.05, 3.63) is 78.4 Å². The number of aromatic nitrogens is 8. The van der Waals surface area contributed by atoms with Gasteiger partial charge in [-0.1, -0.05) is 12.2 Å². The van der Waals surface area contributed by atoms with E-state index in [0.29, 0.717) is 11.2 Å². The molecule has 0 aliphatic carbocycles. The summed E-state index contributed by atoms with van der Waals surface area (Å²) in [6, 6.07) is 1.11. The van der Waals surface area contributed by atoms with E-state index in [1.165, 1.54) is 32.0 Å². The molecule has 7 rings (SSSR count). The van der Waals surface area contributed by atoms with E-state index in [0.717, 1.165) is 15.2 Å². The van der Waals surface area contributed by atoms with Crippen molar-refractivity contribution in [1.29, 1.82) is 0 Å². The van der Waals surface area contributed by atoms with Gasteiger partial charge in [0.15, 0.2) is 11.5 Å². The van der Waals surface area contributed by atoms with Gasteiger partial charge in [-0.05, 0) is 18.7 Å². The maximum Gasteiger partial charge on any atom is 0.386 e. The van der Waals surface area contributed by atoms with E-state index in [-0.39, 0.29) is 30.6 Å². The number of nitrogens with two attached hydrogens (primary N) is 1. The number of hydrogen-bond acceptors (Lipinski definition) is 19. The summed E-state index contributed by atoms with van der Waals surface area (Å²) < 4.78 is 57.8. The molecule has 0 amide bonds. The first kappa shape index (κ1) is 41.7. The van der Waals surface area contributed by atoms with Gasteiger partial charge in [0.05, 0.1) is 38.4 Å². The first-order chi connectivity index (χ1) is 27.0. The number of hydrogen-bond donors (Lipinski definition) is 7. The maximum absolute atomic E-state index is 13.7. The molecule has 7 heterocycles. The number of H-pyrrole nitrogens is 2. The van der Waals surface area contributed by atoms with Gasteiger partial charge >= 0.3 is 24.9 Å². The smallest absolute Gasteiger partial charge is 0.386 e. The summed E-state index contributed by atoms with van der Waals surface area (Å²) >= 11 is 9.38. The Morgan fingerprint density at radius 2 is 1.58 bits per heavy atom. The summed E-state index contributed by atoms with van der Waals surface area (Å²) in [5.74, 6) is 0.162. The Balaban J connectivity index is 1.02. The minimum Gasteiger partial charge on any atom is -0.394 e. The number of rotatable bonds is 14. The zero-order valence-corrected chi connectivity index (χ0v) is 33.1. The standard InChI is InChI=1S/C29H37N9O15P2S2/c1-13-7-37(29(44)35-27(13)42)23-6-16(53-54(45,56)47-9-18-14(40)4-21(50-18)38-12-33-24-25(30)31-11-32-26(24)38)19(51-23)10-48-55(46,57)52-15-5-22(49-17(15)8-39)36-3-2-20(41)34-28(36)43/h2-3,7,11-12,14-19,21-23,39-40H,4-6,8-10H2,1H3,(H,45,56)(H,46,57)(H2,30,31,32)(H,34,41,43)(H,35,42,44)/t14-,15-,16-,17?,18+,19+,21+,22+,23+,54?,55?/m0/s1. The van der Waals surface area contributed by atoms with E-state index in [1.54, 1.807) is 4.57 Å². The number of aliphatic hydroxyl groups is 2. The number of nitrogens with one attached hydrogen (secondary N) is 2. The van der Waals surface area contributed by atoms with Crippen LogP contribution < -0.4 is 28.2 Å². The van der Waals surface area contributed by atoms with Crippen LogP contribution in [0.4, 0.5) is 5.82 Å². The zero-order chi connectivity index (χ0) is 40.8. The van der Waals surface area contributed by atoms with Crippen molar-refractivity contribution in [2.75, 3.05) is 25.6 Å². The van der Waals surface area contributed by atoms with Gasteiger partial charge in [-0.2, -0.15) is 0 Å². The molecular weight excluding hydrogens is 840 g/mol. The fourth-order valence-corrected chi connectivity index (χ4v) is 9.59. The largest absolute Gasteiger partial charge is 0.394 e. The Bertz CT molecular complexity index is 2460. The molecule has 0 radical (unpaired) electrons. The van der Waals surface area contributed by atoms with Crippen LogP contribution in [0.2, 0.25) is 0 Å². The Hall–Kier alpha value is -3.46. The van der Waals surface area contributed by atoms with Crippen LogP contribution in [0.1, 0.15) is 43.5 Å². The molecule has 3 aliphatic rings. The second kappa shape index (κ2) is 16.7. The van der Waals surface area contributed by atoms with E-state index in [1.807, 2.05) is 0 Å². The van der Waals surface area contributed by atoms with Crippen molar-refractivity contribution in [3.63, 3.8) is 0 Å². The highest BCUT2D eigenvalue weighted by atomic mass is 32.7. The van der Waals surface area contributed by atoms with Crippen LogP contribution in [0.3, 0.4) is 0 Å². The summed E-state index contributed by atoms with van der Waals surface area (Å²) in [4.78, 5) is 76.3. The molecule has 0 spiro atoms. The van der Waals surface area contributed by atoms with Crippen LogP contribution in [0.15, 0.2) is 50.3 Å². The molecule has 24 nitrogen and oxygen atoms in total. The van der Waals surface area contributed by atoms with E-state index in [4.69, 9.17) is 49.8 Å². The number of anilines is 1. The fraction of sp³-hybridized carbons (Fsp3) is 0.552. The minimum absolute atomic E-state index is 0.0794. The molecule has 7 N–H and O–H groups in total. The highest BCUT2D eigenvalue weighted by Gasteiger charge is 2.45. The van der Waals surface area contributed by atoms with Gasteiger partial charge in [0.25, 0.3) is 11.1 Å². The highest BCUT2D eigenvalue weighted by molar-refractivity contribution is 8.44. The fourth-order valence-electron chi connectivity index (χ4n) is 6.59. The molecule has 3 fully saturated rings. The number of nitrogens with zero attached hydrogens (tertiary/aromatic N) is 6. The SMILES string of the molecule is Cc1cn([C@H]2C[C@H](OP(=O)(S)OC[C@H]3O[C@@H](n4cnc5c(N)ncnc54)C[C@@H]3O)[C@@H](COP(O)(=S)O[C@H]3C[C@H](n4ccc(=O)[nH]c4=O)OC3CO)O2)c(=O)[nH]c1=O. The molecular formula is C29H37N9O15P2S2. The first-order valence-corrected chi connectivity index (χ1v) is 22.4. The lowest BCUT2D eigenvalue weighted by atomic mass is 10.2. The second-order valence-corrected chi connectivity index (χ2v) is 18.9. The number of imidazole rings is 1. The third kappa shape index (κ3) is 9.24. The van der Waals surface area contributed by atoms with Crippen LogP contribution in [0, 0.1) is 6.92 Å². The van der Waals surface area contributed by atoms with Gasteiger partial charge in [-0.3, -0.25) is 42.3 Å². The third-order valence-electron chi connectivity index (χ3n) is 9.40. The number of thiol groups is 1. The molecule has 3 unspecified atom stereocenters. The van der Waals surface area contributed by atoms with Crippen molar-refractivity contribution in [3.8, 4) is 0 Å². The van der Waals surface area contributed by atoms with E-state index >= 15 is 0 Å². The number of aliphatic hydroxyl groups excluding tert-OH is 2. The number of aromatic amines is 2. The van der Waals surface area contributed by atoms with Crippen molar-refractivity contribution in [2.45, 2.75) is 81.5 Å². The van der Waals surface area contributed by atoms with E-state index < -0.39 is 111 Å². The van der Waals surface area contributed by atoms with Gasteiger partial charge in [0.2, 0.25) is 0 Å². The topological polar surface area (TPSA) is 322 Å². The van der Waals surface area contributed by atoms with E-state index in [9.17, 15) is 38.8 Å². The molecule has 0 bridgehead atoms. The van der Waals surface area contributed by atoms with Gasteiger partial charge in [-0.25, -0.2) is 29.1 Å². The molecule has 3 saturated heterocycles. The predicted molar refractivity (Wildman–Crippen MR) is 201 cm³/mol. The lowest BCUT2D eigenvalue weighted by Gasteiger charge is -2.26. The summed E-state index contributed by atoms with van der Waals surface area (Å²) in [5.41, 5.74) is 3.96. The van der Waals surface area contributed by atoms with Gasteiger partial charge in [0, 0.05) is 43.3 Å². The van der Waals surface area contributed by atoms with Crippen LogP contribution >= 0.6 is 25.8 Å². The van der Waals surface area contributed by atoms with Crippen LogP contribution in [0.5, 0.6) is 0 Å². The van der Waals surface area contributed by atoms with Crippen molar-refractivity contribution < 1.29 is 52.0 Å². The minimum atomic E-state index is -4.31. The average Bonchev–Trinajstić information content (AvgIpc) is 3.93.